The van der Waals surface area contributed by atoms with Crippen LogP contribution in [-0.2, 0) is 0 Å². The fraction of sp³-hybridized carbons (Fsp3) is 0.929. The lowest BCUT2D eigenvalue weighted by Gasteiger charge is -2.23. The van der Waals surface area contributed by atoms with Crippen LogP contribution in [0.1, 0.15) is 33.6 Å². The molecule has 1 aliphatic rings. The summed E-state index contributed by atoms with van der Waals surface area (Å²) in [6, 6.07) is 0.650. The Bertz CT molecular complexity index is 291. The van der Waals surface area contributed by atoms with Crippen molar-refractivity contribution in [3.05, 3.63) is 0 Å². The van der Waals surface area contributed by atoms with Crippen molar-refractivity contribution in [1.29, 1.82) is 0 Å². The highest BCUT2D eigenvalue weighted by molar-refractivity contribution is 7.99. The first-order chi connectivity index (χ1) is 8.98. The molecule has 112 valence electrons. The average Bonchev–Trinajstić information content (AvgIpc) is 2.78. The summed E-state index contributed by atoms with van der Waals surface area (Å²) in [4.78, 5) is 7.13. The third kappa shape index (κ3) is 6.04. The van der Waals surface area contributed by atoms with E-state index in [-0.39, 0.29) is 4.75 Å². The number of hydrogen-bond donors (Lipinski definition) is 2. The highest BCUT2D eigenvalue weighted by Crippen LogP contribution is 2.21. The topological polar surface area (TPSA) is 39.7 Å². The summed E-state index contributed by atoms with van der Waals surface area (Å²) < 4.78 is 0.201. The molecule has 0 amide bonds. The summed E-state index contributed by atoms with van der Waals surface area (Å²) in [5.74, 6) is 0.949. The maximum absolute atomic E-state index is 4.70. The van der Waals surface area contributed by atoms with Gasteiger partial charge in [0, 0.05) is 23.9 Å². The Morgan fingerprint density at radius 2 is 2.16 bits per heavy atom. The van der Waals surface area contributed by atoms with Crippen molar-refractivity contribution in [2.24, 2.45) is 4.99 Å². The summed E-state index contributed by atoms with van der Waals surface area (Å²) in [5.41, 5.74) is 0. The second kappa shape index (κ2) is 8.00. The quantitative estimate of drug-likeness (QED) is 0.577. The molecule has 0 aromatic heterocycles. The maximum Gasteiger partial charge on any atom is 0.191 e. The van der Waals surface area contributed by atoms with Gasteiger partial charge in [0.2, 0.25) is 0 Å². The number of aliphatic imine (C=N–C) groups is 1. The van der Waals surface area contributed by atoms with E-state index in [2.05, 4.69) is 49.6 Å². The summed E-state index contributed by atoms with van der Waals surface area (Å²) in [5, 5.41) is 6.81. The van der Waals surface area contributed by atoms with Crippen LogP contribution in [0.25, 0.3) is 0 Å². The molecule has 0 radical (unpaired) electrons. The molecular weight excluding hydrogens is 256 g/mol. The fourth-order valence-electron chi connectivity index (χ4n) is 2.13. The molecule has 0 spiro atoms. The fourth-order valence-corrected chi connectivity index (χ4v) is 2.32. The number of likely N-dealkylation sites (tertiary alicyclic amines) is 1. The van der Waals surface area contributed by atoms with Crippen molar-refractivity contribution in [3.63, 3.8) is 0 Å². The molecule has 1 fully saturated rings. The summed E-state index contributed by atoms with van der Waals surface area (Å²) in [7, 11) is 2.21. The number of likely N-dealkylation sites (N-methyl/N-ethyl adjacent to an activating group) is 1. The first-order valence-electron chi connectivity index (χ1n) is 7.26. The number of nitrogens with zero attached hydrogens (tertiary/aromatic N) is 2. The van der Waals surface area contributed by atoms with Crippen LogP contribution in [0.15, 0.2) is 4.99 Å². The van der Waals surface area contributed by atoms with E-state index < -0.39 is 0 Å². The molecule has 0 aromatic carbocycles. The van der Waals surface area contributed by atoms with Gasteiger partial charge in [-0.1, -0.05) is 0 Å². The molecule has 2 N–H and O–H groups in total. The first kappa shape index (κ1) is 16.6. The summed E-state index contributed by atoms with van der Waals surface area (Å²) in [6.45, 7) is 10.5. The van der Waals surface area contributed by atoms with Crippen LogP contribution in [-0.4, -0.2) is 61.1 Å². The van der Waals surface area contributed by atoms with E-state index in [0.717, 1.165) is 25.6 Å². The van der Waals surface area contributed by atoms with E-state index in [0.29, 0.717) is 6.04 Å². The first-order valence-corrected chi connectivity index (χ1v) is 8.48. The number of rotatable bonds is 6. The van der Waals surface area contributed by atoms with Crippen LogP contribution < -0.4 is 10.6 Å². The Kier molecular flexibility index (Phi) is 7.00. The van der Waals surface area contributed by atoms with Gasteiger partial charge in [-0.25, -0.2) is 0 Å². The Hall–Kier alpha value is -0.420. The van der Waals surface area contributed by atoms with Gasteiger partial charge in [-0.05, 0) is 53.5 Å². The molecule has 1 atom stereocenters. The van der Waals surface area contributed by atoms with E-state index in [1.54, 1.807) is 0 Å². The van der Waals surface area contributed by atoms with Gasteiger partial charge in [-0.3, -0.25) is 4.99 Å². The molecule has 0 saturated carbocycles. The molecule has 0 bridgehead atoms. The lowest BCUT2D eigenvalue weighted by molar-refractivity contribution is 0.309. The summed E-state index contributed by atoms with van der Waals surface area (Å²) >= 11 is 1.86. The third-order valence-corrected chi connectivity index (χ3v) is 4.93. The van der Waals surface area contributed by atoms with Crippen LogP contribution in [0.4, 0.5) is 0 Å². The smallest absolute Gasteiger partial charge is 0.191 e. The van der Waals surface area contributed by atoms with Crippen LogP contribution in [0, 0.1) is 0 Å². The van der Waals surface area contributed by atoms with Crippen molar-refractivity contribution < 1.29 is 0 Å². The van der Waals surface area contributed by atoms with Crippen LogP contribution in [0.2, 0.25) is 0 Å². The average molecular weight is 286 g/mol. The lowest BCUT2D eigenvalue weighted by Crippen LogP contribution is -2.44. The highest BCUT2D eigenvalue weighted by Gasteiger charge is 2.21. The van der Waals surface area contributed by atoms with Gasteiger partial charge in [0.05, 0.1) is 6.54 Å². The number of hydrogen-bond acceptors (Lipinski definition) is 3. The normalized spacial score (nSPS) is 21.7. The van der Waals surface area contributed by atoms with Crippen molar-refractivity contribution in [2.75, 3.05) is 39.5 Å². The van der Waals surface area contributed by atoms with Gasteiger partial charge in [-0.2, -0.15) is 11.8 Å². The van der Waals surface area contributed by atoms with E-state index in [9.17, 15) is 0 Å². The maximum atomic E-state index is 4.70. The van der Waals surface area contributed by atoms with Gasteiger partial charge in [0.1, 0.15) is 0 Å². The Morgan fingerprint density at radius 3 is 2.68 bits per heavy atom. The number of nitrogens with one attached hydrogen (secondary N) is 2. The number of guanidine groups is 1. The van der Waals surface area contributed by atoms with Gasteiger partial charge in [0.25, 0.3) is 0 Å². The molecule has 1 heterocycles. The Labute approximate surface area is 122 Å². The minimum atomic E-state index is 0.201. The van der Waals surface area contributed by atoms with Crippen molar-refractivity contribution >= 4 is 17.7 Å². The van der Waals surface area contributed by atoms with E-state index in [1.165, 1.54) is 19.4 Å². The van der Waals surface area contributed by atoms with Crippen LogP contribution in [0.3, 0.4) is 0 Å². The molecule has 1 rings (SSSR count). The van der Waals surface area contributed by atoms with E-state index >= 15 is 0 Å². The van der Waals surface area contributed by atoms with Crippen LogP contribution >= 0.6 is 11.8 Å². The van der Waals surface area contributed by atoms with Gasteiger partial charge in [-0.15, -0.1) is 0 Å². The zero-order valence-electron chi connectivity index (χ0n) is 13.1. The molecule has 1 saturated heterocycles. The van der Waals surface area contributed by atoms with Gasteiger partial charge < -0.3 is 15.5 Å². The molecule has 19 heavy (non-hydrogen) atoms. The second-order valence-electron chi connectivity index (χ2n) is 5.82. The third-order valence-electron chi connectivity index (χ3n) is 3.69. The predicted octanol–water partition coefficient (Wildman–Crippen LogP) is 1.78. The predicted molar refractivity (Wildman–Crippen MR) is 87.2 cm³/mol. The molecule has 5 heteroatoms. The number of thioether (sulfide) groups is 1. The standard InChI is InChI=1S/C14H30N4S/c1-6-15-13(17-11-14(2,3)19-5)16-10-12-8-7-9-18(12)4/h12H,6-11H2,1-5H3,(H2,15,16,17). The SMILES string of the molecule is CCNC(=NCC(C)(C)SC)NCC1CCCN1C. The zero-order valence-corrected chi connectivity index (χ0v) is 13.9. The van der Waals surface area contributed by atoms with Crippen molar-refractivity contribution in [1.82, 2.24) is 15.5 Å². The molecular formula is C14H30N4S. The molecule has 4 nitrogen and oxygen atoms in total. The van der Waals surface area contributed by atoms with Crippen molar-refractivity contribution in [3.8, 4) is 0 Å². The van der Waals surface area contributed by atoms with E-state index in [1.807, 2.05) is 11.8 Å². The minimum absolute atomic E-state index is 0.201. The Morgan fingerprint density at radius 1 is 1.42 bits per heavy atom. The molecule has 1 aliphatic heterocycles. The largest absolute Gasteiger partial charge is 0.357 e. The molecule has 0 aliphatic carbocycles. The highest BCUT2D eigenvalue weighted by atomic mass is 32.2. The molecule has 0 aromatic rings. The van der Waals surface area contributed by atoms with E-state index in [4.69, 9.17) is 4.99 Å². The minimum Gasteiger partial charge on any atom is -0.357 e. The molecule has 1 unspecified atom stereocenters. The summed E-state index contributed by atoms with van der Waals surface area (Å²) in [6.07, 6.45) is 4.75. The van der Waals surface area contributed by atoms with Crippen LogP contribution in [0.5, 0.6) is 0 Å². The van der Waals surface area contributed by atoms with Crippen molar-refractivity contribution in [2.45, 2.75) is 44.4 Å². The Balaban J connectivity index is 2.45. The zero-order chi connectivity index (χ0) is 14.3. The van der Waals surface area contributed by atoms with Gasteiger partial charge >= 0.3 is 0 Å². The monoisotopic (exact) mass is 286 g/mol. The second-order valence-corrected chi connectivity index (χ2v) is 7.33. The lowest BCUT2D eigenvalue weighted by atomic mass is 10.2. The van der Waals surface area contributed by atoms with Gasteiger partial charge in [0.15, 0.2) is 5.96 Å².